The summed E-state index contributed by atoms with van der Waals surface area (Å²) in [6.45, 7) is 0.728. The van der Waals surface area contributed by atoms with Gasteiger partial charge in [-0.25, -0.2) is 0 Å². The third-order valence-corrected chi connectivity index (χ3v) is 4.48. The lowest BCUT2D eigenvalue weighted by Crippen LogP contribution is -2.44. The molecule has 2 heterocycles. The molecule has 0 saturated carbocycles. The second kappa shape index (κ2) is 5.05. The van der Waals surface area contributed by atoms with Crippen LogP contribution in [0, 0.1) is 0 Å². The summed E-state index contributed by atoms with van der Waals surface area (Å²) < 4.78 is 5.84. The van der Waals surface area contributed by atoms with Crippen LogP contribution in [-0.4, -0.2) is 18.6 Å². The minimum Gasteiger partial charge on any atom is -0.480 e. The number of anilines is 2. The predicted molar refractivity (Wildman–Crippen MR) is 86.1 cm³/mol. The number of benzene rings is 2. The highest BCUT2D eigenvalue weighted by molar-refractivity contribution is 5.99. The SMILES string of the molecule is Nc1cccc2c1CCCN2C(=O)C1Cc2ccccc2O1. The quantitative estimate of drug-likeness (QED) is 0.822. The lowest BCUT2D eigenvalue weighted by Gasteiger charge is -2.31. The second-order valence-electron chi connectivity index (χ2n) is 5.86. The highest BCUT2D eigenvalue weighted by Crippen LogP contribution is 2.34. The van der Waals surface area contributed by atoms with Gasteiger partial charge in [0.1, 0.15) is 5.75 Å². The van der Waals surface area contributed by atoms with Crippen molar-refractivity contribution in [1.82, 2.24) is 0 Å². The van der Waals surface area contributed by atoms with Crippen LogP contribution in [0.25, 0.3) is 0 Å². The number of carbonyl (C=O) groups excluding carboxylic acids is 1. The fraction of sp³-hybridized carbons (Fsp3) is 0.278. The zero-order valence-corrected chi connectivity index (χ0v) is 12.3. The van der Waals surface area contributed by atoms with Crippen LogP contribution in [0.5, 0.6) is 5.75 Å². The number of fused-ring (bicyclic) bond motifs is 2. The number of amides is 1. The van der Waals surface area contributed by atoms with Gasteiger partial charge in [-0.15, -0.1) is 0 Å². The molecule has 0 fully saturated rings. The highest BCUT2D eigenvalue weighted by Gasteiger charge is 2.34. The molecule has 112 valence electrons. The third-order valence-electron chi connectivity index (χ3n) is 4.48. The molecule has 22 heavy (non-hydrogen) atoms. The molecule has 0 saturated heterocycles. The molecule has 1 unspecified atom stereocenters. The zero-order valence-electron chi connectivity index (χ0n) is 12.3. The Kier molecular flexibility index (Phi) is 3.03. The average molecular weight is 294 g/mol. The lowest BCUT2D eigenvalue weighted by atomic mass is 9.99. The maximum absolute atomic E-state index is 12.9. The minimum atomic E-state index is -0.426. The number of hydrogen-bond donors (Lipinski definition) is 1. The van der Waals surface area contributed by atoms with Crippen LogP contribution < -0.4 is 15.4 Å². The Bertz CT molecular complexity index is 717. The van der Waals surface area contributed by atoms with Crippen LogP contribution in [0.15, 0.2) is 42.5 Å². The van der Waals surface area contributed by atoms with E-state index in [1.165, 1.54) is 0 Å². The van der Waals surface area contributed by atoms with Crippen molar-refractivity contribution in [2.45, 2.75) is 25.4 Å². The number of hydrogen-bond acceptors (Lipinski definition) is 3. The van der Waals surface area contributed by atoms with Crippen molar-refractivity contribution in [3.8, 4) is 5.75 Å². The van der Waals surface area contributed by atoms with E-state index in [1.54, 1.807) is 0 Å². The van der Waals surface area contributed by atoms with E-state index < -0.39 is 6.10 Å². The van der Waals surface area contributed by atoms with Gasteiger partial charge >= 0.3 is 0 Å². The van der Waals surface area contributed by atoms with Gasteiger partial charge in [-0.1, -0.05) is 24.3 Å². The predicted octanol–water partition coefficient (Wildman–Crippen LogP) is 2.55. The van der Waals surface area contributed by atoms with Crippen molar-refractivity contribution in [3.63, 3.8) is 0 Å². The Morgan fingerprint density at radius 3 is 2.91 bits per heavy atom. The van der Waals surface area contributed by atoms with Crippen molar-refractivity contribution in [3.05, 3.63) is 53.6 Å². The van der Waals surface area contributed by atoms with E-state index in [1.807, 2.05) is 47.4 Å². The van der Waals surface area contributed by atoms with Crippen molar-refractivity contribution >= 4 is 17.3 Å². The molecule has 1 amide bonds. The van der Waals surface area contributed by atoms with Crippen molar-refractivity contribution < 1.29 is 9.53 Å². The Morgan fingerprint density at radius 2 is 2.05 bits per heavy atom. The summed E-state index contributed by atoms with van der Waals surface area (Å²) in [5.74, 6) is 0.855. The highest BCUT2D eigenvalue weighted by atomic mass is 16.5. The first-order valence-electron chi connectivity index (χ1n) is 7.67. The first-order valence-corrected chi connectivity index (χ1v) is 7.67. The maximum Gasteiger partial charge on any atom is 0.268 e. The van der Waals surface area contributed by atoms with E-state index in [0.29, 0.717) is 6.42 Å². The molecule has 2 N–H and O–H groups in total. The van der Waals surface area contributed by atoms with Gasteiger partial charge in [0.05, 0.1) is 0 Å². The van der Waals surface area contributed by atoms with Crippen LogP contribution in [0.2, 0.25) is 0 Å². The number of nitrogens with two attached hydrogens (primary N) is 1. The van der Waals surface area contributed by atoms with E-state index in [4.69, 9.17) is 10.5 Å². The van der Waals surface area contributed by atoms with Crippen molar-refractivity contribution in [2.75, 3.05) is 17.2 Å². The van der Waals surface area contributed by atoms with Gasteiger partial charge in [0.25, 0.3) is 5.91 Å². The molecular formula is C18H18N2O2. The summed E-state index contributed by atoms with van der Waals surface area (Å²) in [7, 11) is 0. The Labute approximate surface area is 129 Å². The molecule has 2 aliphatic heterocycles. The van der Waals surface area contributed by atoms with Gasteiger partial charge in [0.15, 0.2) is 6.10 Å². The fourth-order valence-electron chi connectivity index (χ4n) is 3.37. The standard InChI is InChI=1S/C18H18N2O2/c19-14-7-3-8-15-13(14)6-4-10-20(15)18(21)17-11-12-5-1-2-9-16(12)22-17/h1-3,5,7-9,17H,4,6,10-11,19H2. The first kappa shape index (κ1) is 13.2. The van der Waals surface area contributed by atoms with Crippen molar-refractivity contribution in [1.29, 1.82) is 0 Å². The molecular weight excluding hydrogens is 276 g/mol. The molecule has 4 nitrogen and oxygen atoms in total. The van der Waals surface area contributed by atoms with Crippen LogP contribution in [-0.2, 0) is 17.6 Å². The molecule has 2 aliphatic rings. The third kappa shape index (κ3) is 2.03. The van der Waals surface area contributed by atoms with Gasteiger partial charge in [-0.05, 0) is 42.2 Å². The Hall–Kier alpha value is -2.49. The molecule has 2 aromatic rings. The van der Waals surface area contributed by atoms with E-state index in [2.05, 4.69) is 0 Å². The lowest BCUT2D eigenvalue weighted by molar-refractivity contribution is -0.124. The number of rotatable bonds is 1. The van der Waals surface area contributed by atoms with E-state index >= 15 is 0 Å². The average Bonchev–Trinajstić information content (AvgIpc) is 2.98. The number of para-hydroxylation sites is 1. The van der Waals surface area contributed by atoms with Crippen LogP contribution in [0.1, 0.15) is 17.5 Å². The summed E-state index contributed by atoms with van der Waals surface area (Å²) in [6, 6.07) is 13.6. The van der Waals surface area contributed by atoms with E-state index in [9.17, 15) is 4.79 Å². The minimum absolute atomic E-state index is 0.0303. The summed E-state index contributed by atoms with van der Waals surface area (Å²) in [6.07, 6.45) is 2.08. The molecule has 0 aliphatic carbocycles. The monoisotopic (exact) mass is 294 g/mol. The summed E-state index contributed by atoms with van der Waals surface area (Å²) >= 11 is 0. The molecule has 0 spiro atoms. The largest absolute Gasteiger partial charge is 0.480 e. The number of nitrogens with zero attached hydrogens (tertiary/aromatic N) is 1. The molecule has 0 bridgehead atoms. The fourth-order valence-corrected chi connectivity index (χ4v) is 3.37. The molecule has 4 heteroatoms. The Morgan fingerprint density at radius 1 is 1.18 bits per heavy atom. The summed E-state index contributed by atoms with van der Waals surface area (Å²) in [5.41, 5.74) is 9.95. The van der Waals surface area contributed by atoms with E-state index in [0.717, 1.165) is 47.6 Å². The van der Waals surface area contributed by atoms with Gasteiger partial charge in [0.2, 0.25) is 0 Å². The van der Waals surface area contributed by atoms with Gasteiger partial charge < -0.3 is 15.4 Å². The zero-order chi connectivity index (χ0) is 15.1. The topological polar surface area (TPSA) is 55.6 Å². The second-order valence-corrected chi connectivity index (χ2v) is 5.86. The number of carbonyl (C=O) groups is 1. The molecule has 2 aromatic carbocycles. The number of ether oxygens (including phenoxy) is 1. The van der Waals surface area contributed by atoms with E-state index in [-0.39, 0.29) is 5.91 Å². The van der Waals surface area contributed by atoms with Gasteiger partial charge in [0, 0.05) is 24.3 Å². The maximum atomic E-state index is 12.9. The van der Waals surface area contributed by atoms with Gasteiger partial charge in [-0.2, -0.15) is 0 Å². The summed E-state index contributed by atoms with van der Waals surface area (Å²) in [4.78, 5) is 14.7. The summed E-state index contributed by atoms with van der Waals surface area (Å²) in [5, 5.41) is 0. The Balaban J connectivity index is 1.62. The van der Waals surface area contributed by atoms with Crippen LogP contribution in [0.4, 0.5) is 11.4 Å². The van der Waals surface area contributed by atoms with Crippen molar-refractivity contribution in [2.24, 2.45) is 0 Å². The number of nitrogen functional groups attached to an aromatic ring is 1. The van der Waals surface area contributed by atoms with Crippen LogP contribution in [0.3, 0.4) is 0 Å². The van der Waals surface area contributed by atoms with Crippen LogP contribution >= 0.6 is 0 Å². The molecule has 0 aromatic heterocycles. The normalized spacial score (nSPS) is 19.3. The smallest absolute Gasteiger partial charge is 0.268 e. The molecule has 4 rings (SSSR count). The van der Waals surface area contributed by atoms with Gasteiger partial charge in [-0.3, -0.25) is 4.79 Å². The first-order chi connectivity index (χ1) is 10.7. The molecule has 0 radical (unpaired) electrons. The molecule has 1 atom stereocenters.